The highest BCUT2D eigenvalue weighted by Crippen LogP contribution is 2.35. The van der Waals surface area contributed by atoms with E-state index < -0.39 is 5.97 Å². The van der Waals surface area contributed by atoms with Gasteiger partial charge in [-0.2, -0.15) is 0 Å². The minimum Gasteiger partial charge on any atom is -0.478 e. The van der Waals surface area contributed by atoms with E-state index in [1.54, 1.807) is 6.07 Å². The molecule has 2 aromatic rings. The molecule has 0 atom stereocenters. The fourth-order valence-corrected chi connectivity index (χ4v) is 2.30. The molecule has 0 aromatic heterocycles. The zero-order valence-electron chi connectivity index (χ0n) is 11.6. The zero-order valence-corrected chi connectivity index (χ0v) is 11.6. The molecule has 0 unspecified atom stereocenters. The van der Waals surface area contributed by atoms with E-state index in [1.165, 1.54) is 0 Å². The van der Waals surface area contributed by atoms with Gasteiger partial charge in [0.1, 0.15) is 0 Å². The largest absolute Gasteiger partial charge is 0.478 e. The second kappa shape index (κ2) is 4.80. The Balaban J connectivity index is 2.93. The minimum atomic E-state index is -0.897. The zero-order chi connectivity index (χ0) is 14.2. The monoisotopic (exact) mass is 258 g/mol. The van der Waals surface area contributed by atoms with Crippen LogP contribution < -0.4 is 9.80 Å². The predicted molar refractivity (Wildman–Crippen MR) is 79.6 cm³/mol. The normalized spacial score (nSPS) is 10.5. The molecular formula is C15H18N2O2. The van der Waals surface area contributed by atoms with Crippen LogP contribution in [-0.2, 0) is 0 Å². The molecule has 4 heteroatoms. The number of carboxylic acids is 1. The Hall–Kier alpha value is -2.23. The van der Waals surface area contributed by atoms with Crippen molar-refractivity contribution in [1.82, 2.24) is 0 Å². The summed E-state index contributed by atoms with van der Waals surface area (Å²) < 4.78 is 0. The van der Waals surface area contributed by atoms with Crippen molar-refractivity contribution in [3.8, 4) is 0 Å². The van der Waals surface area contributed by atoms with Gasteiger partial charge in [-0.1, -0.05) is 12.1 Å². The fourth-order valence-electron chi connectivity index (χ4n) is 2.30. The van der Waals surface area contributed by atoms with Crippen molar-refractivity contribution in [2.75, 3.05) is 38.0 Å². The van der Waals surface area contributed by atoms with Crippen LogP contribution in [0.1, 0.15) is 10.4 Å². The van der Waals surface area contributed by atoms with Crippen molar-refractivity contribution in [1.29, 1.82) is 0 Å². The van der Waals surface area contributed by atoms with Gasteiger partial charge in [0.05, 0.1) is 5.56 Å². The van der Waals surface area contributed by atoms with Crippen LogP contribution >= 0.6 is 0 Å². The first-order valence-electron chi connectivity index (χ1n) is 6.07. The molecule has 100 valence electrons. The number of benzene rings is 2. The molecule has 0 amide bonds. The number of fused-ring (bicyclic) bond motifs is 1. The summed E-state index contributed by atoms with van der Waals surface area (Å²) in [6.07, 6.45) is 0. The lowest BCUT2D eigenvalue weighted by Crippen LogP contribution is -2.14. The molecule has 0 heterocycles. The van der Waals surface area contributed by atoms with Gasteiger partial charge in [0, 0.05) is 50.3 Å². The van der Waals surface area contributed by atoms with E-state index in [4.69, 9.17) is 0 Å². The number of carboxylic acid groups (broad SMARTS) is 1. The lowest BCUT2D eigenvalue weighted by Gasteiger charge is -2.22. The molecule has 0 radical (unpaired) electrons. The molecule has 1 N–H and O–H groups in total. The molecule has 2 rings (SSSR count). The summed E-state index contributed by atoms with van der Waals surface area (Å²) in [4.78, 5) is 15.4. The van der Waals surface area contributed by atoms with E-state index in [-0.39, 0.29) is 0 Å². The average Bonchev–Trinajstić information content (AvgIpc) is 2.35. The Morgan fingerprint density at radius 2 is 1.53 bits per heavy atom. The van der Waals surface area contributed by atoms with Crippen molar-refractivity contribution in [2.45, 2.75) is 0 Å². The topological polar surface area (TPSA) is 43.8 Å². The molecule has 0 saturated carbocycles. The van der Waals surface area contributed by atoms with E-state index in [9.17, 15) is 9.90 Å². The molecular weight excluding hydrogens is 240 g/mol. The van der Waals surface area contributed by atoms with E-state index >= 15 is 0 Å². The van der Waals surface area contributed by atoms with Gasteiger partial charge in [-0.05, 0) is 18.2 Å². The van der Waals surface area contributed by atoms with Crippen LogP contribution in [0, 0.1) is 0 Å². The highest BCUT2D eigenvalue weighted by Gasteiger charge is 2.15. The first-order valence-corrected chi connectivity index (χ1v) is 6.07. The van der Waals surface area contributed by atoms with E-state index in [0.29, 0.717) is 5.56 Å². The van der Waals surface area contributed by atoms with Crippen LogP contribution in [-0.4, -0.2) is 39.3 Å². The summed E-state index contributed by atoms with van der Waals surface area (Å²) >= 11 is 0. The molecule has 0 bridgehead atoms. The lowest BCUT2D eigenvalue weighted by molar-refractivity contribution is 0.0699. The van der Waals surface area contributed by atoms with Gasteiger partial charge in [0.25, 0.3) is 0 Å². The van der Waals surface area contributed by atoms with Crippen molar-refractivity contribution in [3.05, 3.63) is 35.9 Å². The van der Waals surface area contributed by atoms with Crippen molar-refractivity contribution in [3.63, 3.8) is 0 Å². The smallest absolute Gasteiger partial charge is 0.336 e. The van der Waals surface area contributed by atoms with Crippen LogP contribution in [0.5, 0.6) is 0 Å². The lowest BCUT2D eigenvalue weighted by atomic mass is 10.0. The van der Waals surface area contributed by atoms with E-state index in [1.807, 2.05) is 62.3 Å². The Morgan fingerprint density at radius 3 is 2.05 bits per heavy atom. The third kappa shape index (κ3) is 2.21. The quantitative estimate of drug-likeness (QED) is 0.919. The van der Waals surface area contributed by atoms with Gasteiger partial charge in [0.2, 0.25) is 0 Å². The molecule has 19 heavy (non-hydrogen) atoms. The molecule has 0 aliphatic carbocycles. The second-order valence-electron chi connectivity index (χ2n) is 4.93. The van der Waals surface area contributed by atoms with Gasteiger partial charge in [0.15, 0.2) is 0 Å². The predicted octanol–water partition coefficient (Wildman–Crippen LogP) is 2.67. The molecule has 4 nitrogen and oxygen atoms in total. The Labute approximate surface area is 112 Å². The molecule has 0 aliphatic heterocycles. The van der Waals surface area contributed by atoms with E-state index in [2.05, 4.69) is 0 Å². The van der Waals surface area contributed by atoms with Gasteiger partial charge < -0.3 is 14.9 Å². The van der Waals surface area contributed by atoms with Crippen molar-refractivity contribution >= 4 is 28.1 Å². The highest BCUT2D eigenvalue weighted by atomic mass is 16.4. The summed E-state index contributed by atoms with van der Waals surface area (Å²) in [5.74, 6) is -0.897. The van der Waals surface area contributed by atoms with Crippen molar-refractivity contribution < 1.29 is 9.90 Å². The molecule has 0 saturated heterocycles. The number of carbonyl (C=O) groups is 1. The third-order valence-electron chi connectivity index (χ3n) is 3.19. The third-order valence-corrected chi connectivity index (χ3v) is 3.19. The number of aromatic carboxylic acids is 1. The fraction of sp³-hybridized carbons (Fsp3) is 0.267. The highest BCUT2D eigenvalue weighted by molar-refractivity contribution is 6.12. The van der Waals surface area contributed by atoms with Crippen LogP contribution in [0.15, 0.2) is 30.3 Å². The van der Waals surface area contributed by atoms with Crippen LogP contribution in [0.3, 0.4) is 0 Å². The van der Waals surface area contributed by atoms with Gasteiger partial charge in [-0.3, -0.25) is 0 Å². The van der Waals surface area contributed by atoms with Gasteiger partial charge in [-0.15, -0.1) is 0 Å². The number of anilines is 2. The maximum Gasteiger partial charge on any atom is 0.336 e. The maximum absolute atomic E-state index is 11.4. The standard InChI is InChI=1S/C15H18N2O2/c1-16(2)12-7-5-6-10-11(15(18)19)8-9-13(14(10)12)17(3)4/h5-9H,1-4H3,(H,18,19). The number of hydrogen-bond acceptors (Lipinski definition) is 3. The van der Waals surface area contributed by atoms with E-state index in [0.717, 1.165) is 22.1 Å². The first kappa shape index (κ1) is 13.2. The van der Waals surface area contributed by atoms with Crippen molar-refractivity contribution in [2.24, 2.45) is 0 Å². The van der Waals surface area contributed by atoms with Crippen LogP contribution in [0.2, 0.25) is 0 Å². The SMILES string of the molecule is CN(C)c1cccc2c(C(=O)O)ccc(N(C)C)c12. The Morgan fingerprint density at radius 1 is 0.947 bits per heavy atom. The van der Waals surface area contributed by atoms with Gasteiger partial charge >= 0.3 is 5.97 Å². The number of hydrogen-bond donors (Lipinski definition) is 1. The minimum absolute atomic E-state index is 0.337. The summed E-state index contributed by atoms with van der Waals surface area (Å²) in [7, 11) is 7.84. The first-order chi connectivity index (χ1) is 8.93. The molecule has 0 spiro atoms. The summed E-state index contributed by atoms with van der Waals surface area (Å²) in [6.45, 7) is 0. The second-order valence-corrected chi connectivity index (χ2v) is 4.93. The average molecular weight is 258 g/mol. The van der Waals surface area contributed by atoms with Crippen LogP contribution in [0.4, 0.5) is 11.4 Å². The maximum atomic E-state index is 11.4. The summed E-state index contributed by atoms with van der Waals surface area (Å²) in [5.41, 5.74) is 2.37. The number of nitrogens with zero attached hydrogens (tertiary/aromatic N) is 2. The summed E-state index contributed by atoms with van der Waals surface area (Å²) in [6, 6.07) is 9.28. The molecule has 0 fully saturated rings. The number of rotatable bonds is 3. The summed E-state index contributed by atoms with van der Waals surface area (Å²) in [5, 5.41) is 11.1. The Kier molecular flexibility index (Phi) is 3.34. The Bertz CT molecular complexity index is 619. The molecule has 0 aliphatic rings. The van der Waals surface area contributed by atoms with Crippen LogP contribution in [0.25, 0.3) is 10.8 Å². The van der Waals surface area contributed by atoms with Gasteiger partial charge in [-0.25, -0.2) is 4.79 Å². The molecule has 2 aromatic carbocycles.